The van der Waals surface area contributed by atoms with Gasteiger partial charge in [-0.2, -0.15) is 0 Å². The van der Waals surface area contributed by atoms with Gasteiger partial charge in [0.25, 0.3) is 0 Å². The molecule has 27 heavy (non-hydrogen) atoms. The fourth-order valence-electron chi connectivity index (χ4n) is 2.74. The molecule has 2 rings (SSSR count). The maximum atomic E-state index is 12.1. The van der Waals surface area contributed by atoms with Gasteiger partial charge in [-0.25, -0.2) is 4.79 Å². The third-order valence-corrected chi connectivity index (χ3v) is 4.15. The molecule has 0 radical (unpaired) electrons. The Morgan fingerprint density at radius 2 is 1.81 bits per heavy atom. The Morgan fingerprint density at radius 1 is 1.07 bits per heavy atom. The van der Waals surface area contributed by atoms with Crippen LogP contribution in [0.4, 0.5) is 0 Å². The lowest BCUT2D eigenvalue weighted by Crippen LogP contribution is -2.09. The van der Waals surface area contributed by atoms with E-state index >= 15 is 0 Å². The number of hydrogen-bond acceptors (Lipinski definition) is 6. The first-order valence-corrected chi connectivity index (χ1v) is 9.30. The van der Waals surface area contributed by atoms with Crippen LogP contribution in [0, 0.1) is 0 Å². The van der Waals surface area contributed by atoms with Crippen LogP contribution < -0.4 is 15.1 Å². The van der Waals surface area contributed by atoms with Crippen molar-refractivity contribution in [1.29, 1.82) is 0 Å². The monoisotopic (exact) mass is 378 g/mol. The number of carbonyl (C=O) groups is 1. The smallest absolute Gasteiger partial charge is 0.383 e. The van der Waals surface area contributed by atoms with E-state index in [0.29, 0.717) is 6.61 Å². The maximum absolute atomic E-state index is 12.1. The Balaban J connectivity index is 2.10. The van der Waals surface area contributed by atoms with Crippen molar-refractivity contribution in [3.63, 3.8) is 0 Å². The van der Waals surface area contributed by atoms with Crippen LogP contribution in [0.15, 0.2) is 27.4 Å². The van der Waals surface area contributed by atoms with Crippen LogP contribution in [0.1, 0.15) is 51.9 Å². The van der Waals surface area contributed by atoms with Crippen LogP contribution in [0.3, 0.4) is 0 Å². The molecule has 7 heteroatoms. The van der Waals surface area contributed by atoms with Crippen LogP contribution in [-0.2, 0) is 4.79 Å². The van der Waals surface area contributed by atoms with Gasteiger partial charge in [0, 0.05) is 0 Å². The molecule has 0 aliphatic rings. The summed E-state index contributed by atoms with van der Waals surface area (Å²) < 4.78 is 16.1. The lowest BCUT2D eigenvalue weighted by molar-refractivity contribution is -0.137. The number of benzene rings is 1. The molecule has 1 aromatic carbocycles. The number of fused-ring (bicyclic) bond motifs is 1. The van der Waals surface area contributed by atoms with Gasteiger partial charge in [0.05, 0.1) is 19.6 Å². The number of carboxylic acids is 1. The summed E-state index contributed by atoms with van der Waals surface area (Å²) in [5.74, 6) is -1.35. The predicted molar refractivity (Wildman–Crippen MR) is 101 cm³/mol. The molecule has 0 aliphatic heterocycles. The quantitative estimate of drug-likeness (QED) is 0.423. The van der Waals surface area contributed by atoms with Gasteiger partial charge in [-0.3, -0.25) is 4.79 Å². The first kappa shape index (κ1) is 20.6. The molecular formula is C20H26O7. The molecular weight excluding hydrogens is 352 g/mol. The molecule has 1 heterocycles. The van der Waals surface area contributed by atoms with Crippen LogP contribution in [0.2, 0.25) is 0 Å². The summed E-state index contributed by atoms with van der Waals surface area (Å²) in [7, 11) is 0. The summed E-state index contributed by atoms with van der Waals surface area (Å²) in [6.07, 6.45) is 6.25. The van der Waals surface area contributed by atoms with Gasteiger partial charge in [-0.1, -0.05) is 45.1 Å². The van der Waals surface area contributed by atoms with E-state index in [1.54, 1.807) is 12.1 Å². The van der Waals surface area contributed by atoms with Crippen molar-refractivity contribution in [2.24, 2.45) is 0 Å². The molecule has 148 valence electrons. The summed E-state index contributed by atoms with van der Waals surface area (Å²) >= 11 is 0. The van der Waals surface area contributed by atoms with Gasteiger partial charge >= 0.3 is 11.6 Å². The number of aromatic hydroxyl groups is 1. The molecule has 0 saturated carbocycles. The third-order valence-electron chi connectivity index (χ3n) is 4.15. The number of rotatable bonds is 12. The molecule has 2 aromatic rings. The Kier molecular flexibility index (Phi) is 7.98. The molecule has 0 amide bonds. The van der Waals surface area contributed by atoms with Crippen molar-refractivity contribution in [3.05, 3.63) is 28.6 Å². The van der Waals surface area contributed by atoms with E-state index in [9.17, 15) is 14.7 Å². The average molecular weight is 378 g/mol. The zero-order chi connectivity index (χ0) is 19.6. The van der Waals surface area contributed by atoms with E-state index in [0.717, 1.165) is 19.3 Å². The average Bonchev–Trinajstić information content (AvgIpc) is 2.62. The van der Waals surface area contributed by atoms with Crippen molar-refractivity contribution >= 4 is 16.9 Å². The standard InChI is InChI=1S/C20H26O7/c1-2-3-4-5-6-7-12-26-19-18(23)17-14(25-13-11-16(21)22)9-8-10-15(17)27-20(19)24/h8-10,23H,2-7,11-13H2,1H3,(H,21,22). The fraction of sp³-hybridized carbons (Fsp3) is 0.500. The SMILES string of the molecule is CCCCCCCCOc1c(O)c2c(OCCC(=O)O)cccc2oc1=O. The van der Waals surface area contributed by atoms with Gasteiger partial charge in [0.1, 0.15) is 16.7 Å². The van der Waals surface area contributed by atoms with Gasteiger partial charge in [0.2, 0.25) is 5.75 Å². The summed E-state index contributed by atoms with van der Waals surface area (Å²) in [6.45, 7) is 2.39. The Morgan fingerprint density at radius 3 is 2.56 bits per heavy atom. The second-order valence-electron chi connectivity index (χ2n) is 6.30. The highest BCUT2D eigenvalue weighted by molar-refractivity contribution is 5.91. The number of carboxylic acid groups (broad SMARTS) is 1. The predicted octanol–water partition coefficient (Wildman–Crippen LogP) is 4.09. The first-order chi connectivity index (χ1) is 13.0. The number of ether oxygens (including phenoxy) is 2. The molecule has 2 N–H and O–H groups in total. The van der Waals surface area contributed by atoms with Crippen LogP contribution in [0.25, 0.3) is 11.0 Å². The second kappa shape index (κ2) is 10.4. The van der Waals surface area contributed by atoms with Crippen LogP contribution in [-0.4, -0.2) is 29.4 Å². The van der Waals surface area contributed by atoms with E-state index in [4.69, 9.17) is 19.0 Å². The highest BCUT2D eigenvalue weighted by Crippen LogP contribution is 2.37. The summed E-state index contributed by atoms with van der Waals surface area (Å²) in [5.41, 5.74) is -0.606. The minimum absolute atomic E-state index is 0.0685. The molecule has 1 aromatic heterocycles. The van der Waals surface area contributed by atoms with Gasteiger partial charge < -0.3 is 24.1 Å². The minimum Gasteiger partial charge on any atom is -0.503 e. The molecule has 0 fully saturated rings. The number of aliphatic carboxylic acids is 1. The number of hydrogen-bond donors (Lipinski definition) is 2. The zero-order valence-electron chi connectivity index (χ0n) is 15.5. The van der Waals surface area contributed by atoms with Crippen molar-refractivity contribution in [2.45, 2.75) is 51.9 Å². The van der Waals surface area contributed by atoms with E-state index in [1.165, 1.54) is 25.3 Å². The molecule has 0 aliphatic carbocycles. The molecule has 0 unspecified atom stereocenters. The van der Waals surface area contributed by atoms with E-state index in [-0.39, 0.29) is 41.2 Å². The molecule has 7 nitrogen and oxygen atoms in total. The molecule has 0 atom stereocenters. The fourth-order valence-corrected chi connectivity index (χ4v) is 2.74. The topological polar surface area (TPSA) is 106 Å². The first-order valence-electron chi connectivity index (χ1n) is 9.30. The van der Waals surface area contributed by atoms with Gasteiger partial charge in [-0.05, 0) is 18.6 Å². The largest absolute Gasteiger partial charge is 0.503 e. The van der Waals surface area contributed by atoms with E-state index < -0.39 is 11.6 Å². The van der Waals surface area contributed by atoms with Gasteiger partial charge in [0.15, 0.2) is 5.75 Å². The summed E-state index contributed by atoms with van der Waals surface area (Å²) in [6, 6.07) is 4.69. The molecule has 0 spiro atoms. The Hall–Kier alpha value is -2.70. The van der Waals surface area contributed by atoms with E-state index in [1.807, 2.05) is 0 Å². The van der Waals surface area contributed by atoms with Gasteiger partial charge in [-0.15, -0.1) is 0 Å². The second-order valence-corrected chi connectivity index (χ2v) is 6.30. The van der Waals surface area contributed by atoms with E-state index in [2.05, 4.69) is 6.92 Å². The lowest BCUT2D eigenvalue weighted by atomic mass is 10.1. The molecule has 0 bridgehead atoms. The maximum Gasteiger partial charge on any atom is 0.383 e. The lowest BCUT2D eigenvalue weighted by Gasteiger charge is -2.12. The Labute approximate surface area is 157 Å². The van der Waals surface area contributed by atoms with Crippen LogP contribution in [0.5, 0.6) is 17.2 Å². The highest BCUT2D eigenvalue weighted by atomic mass is 16.5. The summed E-state index contributed by atoms with van der Waals surface area (Å²) in [5, 5.41) is 19.4. The zero-order valence-corrected chi connectivity index (χ0v) is 15.5. The highest BCUT2D eigenvalue weighted by Gasteiger charge is 2.19. The Bertz CT molecular complexity index is 810. The minimum atomic E-state index is -0.992. The molecule has 0 saturated heterocycles. The third kappa shape index (κ3) is 5.91. The van der Waals surface area contributed by atoms with Crippen molar-refractivity contribution in [1.82, 2.24) is 0 Å². The van der Waals surface area contributed by atoms with Crippen molar-refractivity contribution in [3.8, 4) is 17.2 Å². The normalized spacial score (nSPS) is 10.9. The number of unbranched alkanes of at least 4 members (excludes halogenated alkanes) is 5. The van der Waals surface area contributed by atoms with Crippen molar-refractivity contribution < 1.29 is 28.9 Å². The van der Waals surface area contributed by atoms with Crippen molar-refractivity contribution in [2.75, 3.05) is 13.2 Å². The summed E-state index contributed by atoms with van der Waals surface area (Å²) in [4.78, 5) is 22.7. The van der Waals surface area contributed by atoms with Crippen LogP contribution >= 0.6 is 0 Å².